The van der Waals surface area contributed by atoms with E-state index in [0.717, 1.165) is 47.6 Å². The summed E-state index contributed by atoms with van der Waals surface area (Å²) < 4.78 is 5.67. The summed E-state index contributed by atoms with van der Waals surface area (Å²) in [6.07, 6.45) is 5.00. The number of aromatic nitrogens is 2. The minimum absolute atomic E-state index is 0.105. The fraction of sp³-hybridized carbons (Fsp3) is 0.364. The van der Waals surface area contributed by atoms with Crippen LogP contribution in [0.3, 0.4) is 0 Å². The molecule has 3 aromatic rings. The molecule has 1 heterocycles. The van der Waals surface area contributed by atoms with Gasteiger partial charge in [0.1, 0.15) is 11.6 Å². The second-order valence-electron chi connectivity index (χ2n) is 6.67. The Labute approximate surface area is 170 Å². The molecule has 1 aromatic heterocycles. The molecule has 5 nitrogen and oxygen atoms in total. The largest absolute Gasteiger partial charge is 0.494 e. The highest BCUT2D eigenvalue weighted by molar-refractivity contribution is 7.98. The van der Waals surface area contributed by atoms with Crippen LogP contribution in [0.4, 0.5) is 0 Å². The number of ether oxygens (including phenoxy) is 1. The fourth-order valence-corrected chi connectivity index (χ4v) is 3.40. The molecule has 2 N–H and O–H groups in total. The summed E-state index contributed by atoms with van der Waals surface area (Å²) in [5.74, 6) is 2.42. The zero-order valence-electron chi connectivity index (χ0n) is 16.4. The molecule has 3 rings (SSSR count). The zero-order chi connectivity index (χ0) is 19.8. The first kappa shape index (κ1) is 20.3. The fourth-order valence-electron chi connectivity index (χ4n) is 2.93. The van der Waals surface area contributed by atoms with Gasteiger partial charge in [-0.05, 0) is 61.2 Å². The first-order valence-corrected chi connectivity index (χ1v) is 11.1. The number of imidazole rings is 1. The molecule has 0 aliphatic rings. The van der Waals surface area contributed by atoms with Gasteiger partial charge in [0.25, 0.3) is 5.91 Å². The molecule has 0 bridgehead atoms. The second-order valence-corrected chi connectivity index (χ2v) is 7.66. The van der Waals surface area contributed by atoms with E-state index in [9.17, 15) is 4.79 Å². The van der Waals surface area contributed by atoms with Crippen molar-refractivity contribution in [3.8, 4) is 5.75 Å². The summed E-state index contributed by atoms with van der Waals surface area (Å²) in [5.41, 5.74) is 2.51. The number of unbranched alkanes of at least 4 members (excludes halogenated alkanes) is 1. The number of nitrogens with one attached hydrogen (secondary N) is 2. The van der Waals surface area contributed by atoms with Crippen molar-refractivity contribution in [2.24, 2.45) is 0 Å². The van der Waals surface area contributed by atoms with Crippen LogP contribution in [-0.4, -0.2) is 34.5 Å². The monoisotopic (exact) mass is 397 g/mol. The lowest BCUT2D eigenvalue weighted by Gasteiger charge is -2.16. The van der Waals surface area contributed by atoms with Crippen LogP contribution in [0.5, 0.6) is 5.75 Å². The molecule has 0 fully saturated rings. The minimum Gasteiger partial charge on any atom is -0.494 e. The van der Waals surface area contributed by atoms with E-state index in [1.165, 1.54) is 0 Å². The van der Waals surface area contributed by atoms with Gasteiger partial charge in [-0.2, -0.15) is 11.8 Å². The van der Waals surface area contributed by atoms with Crippen molar-refractivity contribution in [2.45, 2.75) is 32.2 Å². The summed E-state index contributed by atoms with van der Waals surface area (Å²) in [5, 5.41) is 3.13. The number of amides is 1. The summed E-state index contributed by atoms with van der Waals surface area (Å²) in [6.45, 7) is 2.83. The van der Waals surface area contributed by atoms with Gasteiger partial charge in [0, 0.05) is 5.56 Å². The topological polar surface area (TPSA) is 67.0 Å². The lowest BCUT2D eigenvalue weighted by Crippen LogP contribution is -2.29. The molecule has 2 aromatic carbocycles. The van der Waals surface area contributed by atoms with E-state index < -0.39 is 0 Å². The van der Waals surface area contributed by atoms with E-state index in [0.29, 0.717) is 12.2 Å². The summed E-state index contributed by atoms with van der Waals surface area (Å²) in [4.78, 5) is 20.8. The predicted molar refractivity (Wildman–Crippen MR) is 116 cm³/mol. The molecular weight excluding hydrogens is 370 g/mol. The molecule has 0 saturated heterocycles. The van der Waals surface area contributed by atoms with Gasteiger partial charge in [0.05, 0.1) is 23.7 Å². The van der Waals surface area contributed by atoms with Crippen LogP contribution in [-0.2, 0) is 0 Å². The molecule has 0 saturated carbocycles. The Balaban J connectivity index is 1.70. The molecular formula is C22H27N3O2S. The number of carbonyl (C=O) groups excluding carboxylic acids is 1. The lowest BCUT2D eigenvalue weighted by atomic mass is 10.1. The quantitative estimate of drug-likeness (QED) is 0.474. The van der Waals surface area contributed by atoms with E-state index >= 15 is 0 Å². The summed E-state index contributed by atoms with van der Waals surface area (Å²) in [7, 11) is 0. The molecule has 6 heteroatoms. The number of aromatic amines is 1. The smallest absolute Gasteiger partial charge is 0.251 e. The maximum absolute atomic E-state index is 12.8. The molecule has 1 unspecified atom stereocenters. The predicted octanol–water partition coefficient (Wildman–Crippen LogP) is 4.97. The Kier molecular flexibility index (Phi) is 7.37. The molecule has 0 radical (unpaired) electrons. The Morgan fingerprint density at radius 2 is 2.00 bits per heavy atom. The van der Waals surface area contributed by atoms with E-state index in [1.54, 1.807) is 23.9 Å². The summed E-state index contributed by atoms with van der Waals surface area (Å²) in [6, 6.07) is 15.1. The third-order valence-corrected chi connectivity index (χ3v) is 5.18. The Morgan fingerprint density at radius 3 is 2.71 bits per heavy atom. The van der Waals surface area contributed by atoms with Gasteiger partial charge in [-0.25, -0.2) is 4.98 Å². The average molecular weight is 398 g/mol. The van der Waals surface area contributed by atoms with Crippen LogP contribution >= 0.6 is 11.8 Å². The number of H-pyrrole nitrogens is 1. The number of hydrogen-bond donors (Lipinski definition) is 2. The Bertz CT molecular complexity index is 859. The average Bonchev–Trinajstić information content (AvgIpc) is 3.16. The number of fused-ring (bicyclic) bond motifs is 1. The highest BCUT2D eigenvalue weighted by Gasteiger charge is 2.19. The summed E-state index contributed by atoms with van der Waals surface area (Å²) >= 11 is 1.76. The van der Waals surface area contributed by atoms with Gasteiger partial charge in [-0.1, -0.05) is 25.5 Å². The molecule has 0 aliphatic carbocycles. The van der Waals surface area contributed by atoms with Crippen LogP contribution in [0.2, 0.25) is 0 Å². The highest BCUT2D eigenvalue weighted by atomic mass is 32.2. The van der Waals surface area contributed by atoms with E-state index in [1.807, 2.05) is 36.4 Å². The van der Waals surface area contributed by atoms with Gasteiger partial charge in [-0.3, -0.25) is 4.79 Å². The van der Waals surface area contributed by atoms with Crippen molar-refractivity contribution in [1.82, 2.24) is 15.3 Å². The first-order chi connectivity index (χ1) is 13.7. The SMILES string of the molecule is CCCCOc1ccc(C(=O)NC(CCSC)c2nc3ccccc3[nH]2)cc1. The van der Waals surface area contributed by atoms with Crippen LogP contribution in [0.1, 0.15) is 48.4 Å². The molecule has 148 valence electrons. The van der Waals surface area contributed by atoms with Crippen LogP contribution in [0, 0.1) is 0 Å². The van der Waals surface area contributed by atoms with Crippen LogP contribution in [0.25, 0.3) is 11.0 Å². The standard InChI is InChI=1S/C22H27N3O2S/c1-3-4-14-27-17-11-9-16(10-12-17)22(26)25-20(13-15-28-2)21-23-18-7-5-6-8-19(18)24-21/h5-12,20H,3-4,13-15H2,1-2H3,(H,23,24)(H,25,26). The number of benzene rings is 2. The second kappa shape index (κ2) is 10.2. The molecule has 1 atom stereocenters. The van der Waals surface area contributed by atoms with Crippen molar-refractivity contribution in [3.63, 3.8) is 0 Å². The van der Waals surface area contributed by atoms with Crippen molar-refractivity contribution in [1.29, 1.82) is 0 Å². The minimum atomic E-state index is -0.159. The number of thioether (sulfide) groups is 1. The van der Waals surface area contributed by atoms with Crippen molar-refractivity contribution >= 4 is 28.7 Å². The number of nitrogens with zero attached hydrogens (tertiary/aromatic N) is 1. The van der Waals surface area contributed by atoms with Gasteiger partial charge in [0.15, 0.2) is 0 Å². The van der Waals surface area contributed by atoms with Gasteiger partial charge in [0.2, 0.25) is 0 Å². The number of rotatable bonds is 10. The highest BCUT2D eigenvalue weighted by Crippen LogP contribution is 2.21. The Morgan fingerprint density at radius 1 is 1.21 bits per heavy atom. The van der Waals surface area contributed by atoms with E-state index in [-0.39, 0.29) is 11.9 Å². The maximum Gasteiger partial charge on any atom is 0.251 e. The lowest BCUT2D eigenvalue weighted by molar-refractivity contribution is 0.0934. The zero-order valence-corrected chi connectivity index (χ0v) is 17.2. The van der Waals surface area contributed by atoms with Crippen LogP contribution in [0.15, 0.2) is 48.5 Å². The third-order valence-electron chi connectivity index (χ3n) is 4.54. The van der Waals surface area contributed by atoms with Crippen molar-refractivity contribution in [2.75, 3.05) is 18.6 Å². The number of hydrogen-bond acceptors (Lipinski definition) is 4. The van der Waals surface area contributed by atoms with Gasteiger partial charge >= 0.3 is 0 Å². The molecule has 0 aliphatic heterocycles. The number of para-hydroxylation sites is 2. The number of carbonyl (C=O) groups is 1. The van der Waals surface area contributed by atoms with E-state index in [4.69, 9.17) is 4.74 Å². The Hall–Kier alpha value is -2.47. The normalized spacial score (nSPS) is 12.1. The first-order valence-electron chi connectivity index (χ1n) is 9.68. The molecule has 28 heavy (non-hydrogen) atoms. The van der Waals surface area contributed by atoms with Gasteiger partial charge in [-0.15, -0.1) is 0 Å². The van der Waals surface area contributed by atoms with Crippen molar-refractivity contribution in [3.05, 3.63) is 59.9 Å². The van der Waals surface area contributed by atoms with Crippen molar-refractivity contribution < 1.29 is 9.53 Å². The maximum atomic E-state index is 12.8. The molecule has 0 spiro atoms. The third kappa shape index (κ3) is 5.29. The van der Waals surface area contributed by atoms with E-state index in [2.05, 4.69) is 28.5 Å². The van der Waals surface area contributed by atoms with Gasteiger partial charge < -0.3 is 15.0 Å². The van der Waals surface area contributed by atoms with Crippen LogP contribution < -0.4 is 10.1 Å². The molecule has 1 amide bonds.